The maximum Gasteiger partial charge on any atom is 0.223 e. The minimum Gasteiger partial charge on any atom is -0.395 e. The Bertz CT molecular complexity index is 643. The molecule has 21 heavy (non-hydrogen) atoms. The van der Waals surface area contributed by atoms with Crippen molar-refractivity contribution in [2.75, 3.05) is 25.4 Å². The van der Waals surface area contributed by atoms with Crippen LogP contribution in [0.25, 0.3) is 5.52 Å². The molecule has 0 aliphatic heterocycles. The van der Waals surface area contributed by atoms with Gasteiger partial charge in [-0.25, -0.2) is 9.97 Å². The SMILES string of the molecule is CCN(CCO)C(=O)CCc1ncc2c(N)nc(I)cn12. The molecule has 2 aromatic rings. The quantitative estimate of drug-likeness (QED) is 0.692. The zero-order valence-electron chi connectivity index (χ0n) is 11.8. The van der Waals surface area contributed by atoms with Gasteiger partial charge in [-0.3, -0.25) is 9.20 Å². The molecule has 7 nitrogen and oxygen atoms in total. The second-order valence-corrected chi connectivity index (χ2v) is 5.68. The highest BCUT2D eigenvalue weighted by atomic mass is 127. The Hall–Kier alpha value is -1.42. The highest BCUT2D eigenvalue weighted by Crippen LogP contribution is 2.16. The largest absolute Gasteiger partial charge is 0.395 e. The van der Waals surface area contributed by atoms with E-state index in [2.05, 4.69) is 32.6 Å². The Morgan fingerprint density at radius 2 is 2.33 bits per heavy atom. The molecular formula is C13H18IN5O2. The number of fused-ring (bicyclic) bond motifs is 1. The third-order valence-corrected chi connectivity index (χ3v) is 3.79. The smallest absolute Gasteiger partial charge is 0.223 e. The lowest BCUT2D eigenvalue weighted by Gasteiger charge is -2.19. The van der Waals surface area contributed by atoms with Crippen LogP contribution < -0.4 is 5.73 Å². The fourth-order valence-electron chi connectivity index (χ4n) is 2.18. The summed E-state index contributed by atoms with van der Waals surface area (Å²) in [6.07, 6.45) is 4.40. The zero-order valence-corrected chi connectivity index (χ0v) is 13.9. The van der Waals surface area contributed by atoms with E-state index in [4.69, 9.17) is 10.8 Å². The predicted molar refractivity (Wildman–Crippen MR) is 87.8 cm³/mol. The number of nitrogen functional groups attached to an aromatic ring is 1. The number of rotatable bonds is 6. The van der Waals surface area contributed by atoms with Crippen LogP contribution >= 0.6 is 22.6 Å². The maximum atomic E-state index is 12.1. The molecule has 0 aliphatic rings. The second kappa shape index (κ2) is 7.03. The van der Waals surface area contributed by atoms with E-state index in [9.17, 15) is 4.79 Å². The summed E-state index contributed by atoms with van der Waals surface area (Å²) in [5.41, 5.74) is 6.61. The van der Waals surface area contributed by atoms with Crippen LogP contribution in [0.5, 0.6) is 0 Å². The van der Waals surface area contributed by atoms with Gasteiger partial charge in [-0.2, -0.15) is 0 Å². The molecule has 3 N–H and O–H groups in total. The van der Waals surface area contributed by atoms with Gasteiger partial charge in [0.15, 0.2) is 5.82 Å². The van der Waals surface area contributed by atoms with E-state index in [-0.39, 0.29) is 12.5 Å². The number of aliphatic hydroxyl groups is 1. The van der Waals surface area contributed by atoms with E-state index in [0.717, 1.165) is 15.0 Å². The van der Waals surface area contributed by atoms with Crippen LogP contribution in [0.3, 0.4) is 0 Å². The van der Waals surface area contributed by atoms with Gasteiger partial charge >= 0.3 is 0 Å². The summed E-state index contributed by atoms with van der Waals surface area (Å²) < 4.78 is 2.65. The molecule has 0 saturated carbocycles. The van der Waals surface area contributed by atoms with Gasteiger partial charge in [0.1, 0.15) is 15.0 Å². The lowest BCUT2D eigenvalue weighted by molar-refractivity contribution is -0.131. The fourth-order valence-corrected chi connectivity index (χ4v) is 2.72. The monoisotopic (exact) mass is 403 g/mol. The number of carbonyl (C=O) groups excluding carboxylic acids is 1. The highest BCUT2D eigenvalue weighted by Gasteiger charge is 2.14. The van der Waals surface area contributed by atoms with E-state index in [1.54, 1.807) is 11.1 Å². The average molecular weight is 403 g/mol. The lowest BCUT2D eigenvalue weighted by Crippen LogP contribution is -2.33. The first-order valence-electron chi connectivity index (χ1n) is 6.73. The molecule has 8 heteroatoms. The number of nitrogens with two attached hydrogens (primary N) is 1. The molecule has 2 rings (SSSR count). The third kappa shape index (κ3) is 3.62. The summed E-state index contributed by atoms with van der Waals surface area (Å²) in [5, 5.41) is 8.94. The number of carbonyl (C=O) groups is 1. The minimum atomic E-state index is -0.0215. The average Bonchev–Trinajstić information content (AvgIpc) is 2.85. The number of anilines is 1. The Labute approximate surface area is 136 Å². The van der Waals surface area contributed by atoms with E-state index < -0.39 is 0 Å². The van der Waals surface area contributed by atoms with Crippen LogP contribution in [0.15, 0.2) is 12.4 Å². The number of nitrogens with zero attached hydrogens (tertiary/aromatic N) is 4. The molecule has 0 aromatic carbocycles. The van der Waals surface area contributed by atoms with Crippen LogP contribution in [-0.4, -0.2) is 50.0 Å². The molecule has 0 aliphatic carbocycles. The van der Waals surface area contributed by atoms with Crippen molar-refractivity contribution in [3.8, 4) is 0 Å². The first-order valence-corrected chi connectivity index (χ1v) is 7.81. The van der Waals surface area contributed by atoms with Gasteiger partial charge < -0.3 is 15.7 Å². The van der Waals surface area contributed by atoms with E-state index >= 15 is 0 Å². The minimum absolute atomic E-state index is 0.0139. The van der Waals surface area contributed by atoms with Crippen molar-refractivity contribution in [3.05, 3.63) is 21.9 Å². The molecule has 0 spiro atoms. The van der Waals surface area contributed by atoms with Gasteiger partial charge in [0, 0.05) is 32.1 Å². The number of hydrogen-bond donors (Lipinski definition) is 2. The number of halogens is 1. The van der Waals surface area contributed by atoms with Crippen molar-refractivity contribution in [1.29, 1.82) is 0 Å². The van der Waals surface area contributed by atoms with Gasteiger partial charge in [0.05, 0.1) is 12.8 Å². The molecule has 0 atom stereocenters. The Balaban J connectivity index is 2.12. The van der Waals surface area contributed by atoms with Crippen molar-refractivity contribution < 1.29 is 9.90 Å². The topological polar surface area (TPSA) is 96.8 Å². The van der Waals surface area contributed by atoms with Crippen LogP contribution in [0.4, 0.5) is 5.82 Å². The van der Waals surface area contributed by atoms with Crippen LogP contribution in [0, 0.1) is 3.70 Å². The molecule has 0 radical (unpaired) electrons. The van der Waals surface area contributed by atoms with Crippen molar-refractivity contribution in [2.45, 2.75) is 19.8 Å². The number of hydrogen-bond acceptors (Lipinski definition) is 5. The third-order valence-electron chi connectivity index (χ3n) is 3.27. The first-order chi connectivity index (χ1) is 10.1. The lowest BCUT2D eigenvalue weighted by atomic mass is 10.2. The van der Waals surface area contributed by atoms with Gasteiger partial charge in [-0.05, 0) is 29.5 Å². The number of likely N-dealkylation sites (N-methyl/N-ethyl adjacent to an activating group) is 1. The molecular weight excluding hydrogens is 385 g/mol. The van der Waals surface area contributed by atoms with Crippen molar-refractivity contribution in [2.24, 2.45) is 0 Å². The number of aromatic nitrogens is 3. The van der Waals surface area contributed by atoms with Gasteiger partial charge in [-0.1, -0.05) is 0 Å². The molecule has 2 aromatic heterocycles. The second-order valence-electron chi connectivity index (χ2n) is 4.58. The summed E-state index contributed by atoms with van der Waals surface area (Å²) in [5.74, 6) is 1.23. The summed E-state index contributed by atoms with van der Waals surface area (Å²) in [7, 11) is 0. The van der Waals surface area contributed by atoms with E-state index in [1.807, 2.05) is 17.5 Å². The van der Waals surface area contributed by atoms with E-state index in [1.165, 1.54) is 0 Å². The summed E-state index contributed by atoms with van der Waals surface area (Å²) >= 11 is 2.09. The molecule has 0 fully saturated rings. The van der Waals surface area contributed by atoms with E-state index in [0.29, 0.717) is 31.7 Å². The Kier molecular flexibility index (Phi) is 5.34. The van der Waals surface area contributed by atoms with Crippen LogP contribution in [0.1, 0.15) is 19.2 Å². The Morgan fingerprint density at radius 1 is 1.57 bits per heavy atom. The van der Waals surface area contributed by atoms with Gasteiger partial charge in [-0.15, -0.1) is 0 Å². The summed E-state index contributed by atoms with van der Waals surface area (Å²) in [4.78, 5) is 22.2. The van der Waals surface area contributed by atoms with Crippen molar-refractivity contribution in [1.82, 2.24) is 19.3 Å². The maximum absolute atomic E-state index is 12.1. The molecule has 1 amide bonds. The zero-order chi connectivity index (χ0) is 15.4. The highest BCUT2D eigenvalue weighted by molar-refractivity contribution is 14.1. The van der Waals surface area contributed by atoms with Crippen LogP contribution in [-0.2, 0) is 11.2 Å². The van der Waals surface area contributed by atoms with Crippen molar-refractivity contribution in [3.63, 3.8) is 0 Å². The molecule has 0 unspecified atom stereocenters. The molecule has 0 bridgehead atoms. The fraction of sp³-hybridized carbons (Fsp3) is 0.462. The van der Waals surface area contributed by atoms with Gasteiger partial charge in [0.25, 0.3) is 0 Å². The predicted octanol–water partition coefficient (Wildman–Crippen LogP) is 0.689. The van der Waals surface area contributed by atoms with Crippen LogP contribution in [0.2, 0.25) is 0 Å². The number of amides is 1. The molecule has 2 heterocycles. The molecule has 0 saturated heterocycles. The Morgan fingerprint density at radius 3 is 3.00 bits per heavy atom. The number of aryl methyl sites for hydroxylation is 1. The van der Waals surface area contributed by atoms with Crippen molar-refractivity contribution >= 4 is 39.8 Å². The normalized spacial score (nSPS) is 11.0. The number of imidazole rings is 1. The standard InChI is InChI=1S/C13H18IN5O2/c1-2-18(5-6-20)12(21)4-3-11-16-7-9-13(15)17-10(14)8-19(9)11/h7-8,20H,2-6H2,1H3,(H2,15,17). The van der Waals surface area contributed by atoms with Gasteiger partial charge in [0.2, 0.25) is 5.91 Å². The number of aliphatic hydroxyl groups excluding tert-OH is 1. The molecule has 114 valence electrons. The summed E-state index contributed by atoms with van der Waals surface area (Å²) in [6.45, 7) is 2.84. The first kappa shape index (κ1) is 16.0. The summed E-state index contributed by atoms with van der Waals surface area (Å²) in [6, 6.07) is 0.